The largest absolute Gasteiger partial charge is 0.0925 e. The number of hydrogen-bond acceptors (Lipinski definition) is 0. The van der Waals surface area contributed by atoms with E-state index in [1.54, 1.807) is 0 Å². The maximum atomic E-state index is 3.38. The second kappa shape index (κ2) is 6.34. The Balaban J connectivity index is 3.30. The van der Waals surface area contributed by atoms with Crippen molar-refractivity contribution in [1.29, 1.82) is 0 Å². The van der Waals surface area contributed by atoms with E-state index in [0.29, 0.717) is 0 Å². The van der Waals surface area contributed by atoms with Crippen LogP contribution in [0.4, 0.5) is 0 Å². The van der Waals surface area contributed by atoms with Gasteiger partial charge in [-0.05, 0) is 19.8 Å². The molecule has 0 saturated carbocycles. The zero-order valence-corrected chi connectivity index (χ0v) is 7.87. The van der Waals surface area contributed by atoms with Crippen molar-refractivity contribution < 1.29 is 0 Å². The van der Waals surface area contributed by atoms with Crippen molar-refractivity contribution in [3.05, 3.63) is 11.6 Å². The maximum Gasteiger partial charge on any atom is 0.00660 e. The van der Waals surface area contributed by atoms with Crippen LogP contribution < -0.4 is 0 Å². The summed E-state index contributed by atoms with van der Waals surface area (Å²) < 4.78 is 0. The molecule has 0 aliphatic rings. The van der Waals surface area contributed by atoms with Crippen LogP contribution in [0.2, 0.25) is 0 Å². The van der Waals surface area contributed by atoms with Crippen molar-refractivity contribution in [2.75, 3.05) is 5.33 Å². The molecule has 0 fully saturated rings. The summed E-state index contributed by atoms with van der Waals surface area (Å²) >= 11 is 3.38. The van der Waals surface area contributed by atoms with Crippen LogP contribution in [0.15, 0.2) is 11.6 Å². The van der Waals surface area contributed by atoms with Gasteiger partial charge >= 0.3 is 0 Å². The van der Waals surface area contributed by atoms with Crippen LogP contribution in [0.25, 0.3) is 0 Å². The Kier molecular flexibility index (Phi) is 6.50. The van der Waals surface area contributed by atoms with Crippen LogP contribution in [0.1, 0.15) is 33.1 Å². The van der Waals surface area contributed by atoms with Crippen molar-refractivity contribution in [2.24, 2.45) is 0 Å². The van der Waals surface area contributed by atoms with Gasteiger partial charge in [-0.15, -0.1) is 0 Å². The molecular weight excluding hydrogens is 176 g/mol. The summed E-state index contributed by atoms with van der Waals surface area (Å²) in [5, 5.41) is 1.09. The maximum absolute atomic E-state index is 3.38. The molecular formula is C8H15Br. The number of alkyl halides is 1. The Hall–Kier alpha value is 0.220. The van der Waals surface area contributed by atoms with Crippen LogP contribution in [0.3, 0.4) is 0 Å². The Morgan fingerprint density at radius 1 is 1.56 bits per heavy atom. The zero-order valence-electron chi connectivity index (χ0n) is 6.28. The van der Waals surface area contributed by atoms with E-state index in [4.69, 9.17) is 0 Å². The third kappa shape index (κ3) is 6.10. The van der Waals surface area contributed by atoms with E-state index >= 15 is 0 Å². The van der Waals surface area contributed by atoms with E-state index in [-0.39, 0.29) is 0 Å². The quantitative estimate of drug-likeness (QED) is 0.471. The highest BCUT2D eigenvalue weighted by Gasteiger charge is 1.84. The number of hydrogen-bond donors (Lipinski definition) is 0. The summed E-state index contributed by atoms with van der Waals surface area (Å²) in [5.41, 5.74) is 1.52. The van der Waals surface area contributed by atoms with E-state index in [9.17, 15) is 0 Å². The van der Waals surface area contributed by atoms with Gasteiger partial charge in [0.2, 0.25) is 0 Å². The van der Waals surface area contributed by atoms with Crippen LogP contribution in [-0.4, -0.2) is 5.33 Å². The fraction of sp³-hybridized carbons (Fsp3) is 0.750. The van der Waals surface area contributed by atoms with Crippen LogP contribution in [-0.2, 0) is 0 Å². The van der Waals surface area contributed by atoms with Gasteiger partial charge in [0.05, 0.1) is 0 Å². The second-order valence-electron chi connectivity index (χ2n) is 2.28. The first-order valence-corrected chi connectivity index (χ1v) is 4.65. The fourth-order valence-corrected chi connectivity index (χ4v) is 1.03. The Morgan fingerprint density at radius 2 is 2.22 bits per heavy atom. The standard InChI is InChI=1S/C8H15Br/c1-3-5-8(2)6-4-7-9/h6H,3-5,7H2,1-2H3. The molecule has 0 radical (unpaired) electrons. The van der Waals surface area contributed by atoms with Crippen LogP contribution >= 0.6 is 15.9 Å². The summed E-state index contributed by atoms with van der Waals surface area (Å²) in [6, 6.07) is 0. The van der Waals surface area contributed by atoms with Gasteiger partial charge in [0.25, 0.3) is 0 Å². The van der Waals surface area contributed by atoms with Gasteiger partial charge in [0.1, 0.15) is 0 Å². The van der Waals surface area contributed by atoms with Crippen molar-refractivity contribution in [3.8, 4) is 0 Å². The first-order chi connectivity index (χ1) is 4.31. The Morgan fingerprint density at radius 3 is 2.67 bits per heavy atom. The van der Waals surface area contributed by atoms with Gasteiger partial charge in [0, 0.05) is 5.33 Å². The predicted octanol–water partition coefficient (Wildman–Crippen LogP) is 3.52. The van der Waals surface area contributed by atoms with Gasteiger partial charge in [-0.2, -0.15) is 0 Å². The van der Waals surface area contributed by atoms with Crippen LogP contribution in [0, 0.1) is 0 Å². The highest BCUT2D eigenvalue weighted by atomic mass is 79.9. The van der Waals surface area contributed by atoms with Gasteiger partial charge in [-0.1, -0.05) is 40.9 Å². The minimum atomic E-state index is 1.09. The third-order valence-corrected chi connectivity index (χ3v) is 1.70. The molecule has 0 amide bonds. The topological polar surface area (TPSA) is 0 Å². The average molecular weight is 191 g/mol. The highest BCUT2D eigenvalue weighted by Crippen LogP contribution is 2.04. The molecule has 0 nitrogen and oxygen atoms in total. The monoisotopic (exact) mass is 190 g/mol. The van der Waals surface area contributed by atoms with E-state index < -0.39 is 0 Å². The van der Waals surface area contributed by atoms with E-state index in [1.807, 2.05) is 0 Å². The number of allylic oxidation sites excluding steroid dienone is 2. The Labute approximate surface area is 66.5 Å². The minimum absolute atomic E-state index is 1.09. The lowest BCUT2D eigenvalue weighted by atomic mass is 10.1. The first kappa shape index (κ1) is 9.22. The first-order valence-electron chi connectivity index (χ1n) is 3.52. The summed E-state index contributed by atoms with van der Waals surface area (Å²) in [6.07, 6.45) is 6.00. The van der Waals surface area contributed by atoms with Crippen molar-refractivity contribution >= 4 is 15.9 Å². The minimum Gasteiger partial charge on any atom is -0.0925 e. The molecule has 0 aliphatic carbocycles. The Bertz CT molecular complexity index is 84.6. The third-order valence-electron chi connectivity index (χ3n) is 1.25. The molecule has 54 valence electrons. The predicted molar refractivity (Wildman–Crippen MR) is 47.1 cm³/mol. The van der Waals surface area contributed by atoms with Gasteiger partial charge in [-0.25, -0.2) is 0 Å². The number of rotatable bonds is 4. The molecule has 0 aliphatic heterocycles. The van der Waals surface area contributed by atoms with Gasteiger partial charge < -0.3 is 0 Å². The lowest BCUT2D eigenvalue weighted by Crippen LogP contribution is -1.75. The van der Waals surface area contributed by atoms with Crippen molar-refractivity contribution in [1.82, 2.24) is 0 Å². The van der Waals surface area contributed by atoms with Gasteiger partial charge in [-0.3, -0.25) is 0 Å². The fourth-order valence-electron chi connectivity index (χ4n) is 0.797. The summed E-state index contributed by atoms with van der Waals surface area (Å²) in [6.45, 7) is 4.41. The smallest absolute Gasteiger partial charge is 0.00660 e. The molecule has 0 rings (SSSR count). The summed E-state index contributed by atoms with van der Waals surface area (Å²) in [7, 11) is 0. The van der Waals surface area contributed by atoms with Gasteiger partial charge in [0.15, 0.2) is 0 Å². The van der Waals surface area contributed by atoms with Crippen LogP contribution in [0.5, 0.6) is 0 Å². The average Bonchev–Trinajstić information content (AvgIpc) is 1.85. The highest BCUT2D eigenvalue weighted by molar-refractivity contribution is 9.09. The molecule has 0 saturated heterocycles. The molecule has 0 spiro atoms. The molecule has 0 atom stereocenters. The van der Waals surface area contributed by atoms with E-state index in [1.165, 1.54) is 24.8 Å². The molecule has 9 heavy (non-hydrogen) atoms. The SMILES string of the molecule is CCCC(C)=CCCBr. The molecule has 0 N–H and O–H groups in total. The molecule has 1 heteroatoms. The summed E-state index contributed by atoms with van der Waals surface area (Å²) in [4.78, 5) is 0. The van der Waals surface area contributed by atoms with Crippen molar-refractivity contribution in [2.45, 2.75) is 33.1 Å². The molecule has 0 aromatic heterocycles. The second-order valence-corrected chi connectivity index (χ2v) is 3.07. The van der Waals surface area contributed by atoms with E-state index in [0.717, 1.165) is 5.33 Å². The molecule has 0 unspecified atom stereocenters. The lowest BCUT2D eigenvalue weighted by Gasteiger charge is -1.94. The zero-order chi connectivity index (χ0) is 7.11. The van der Waals surface area contributed by atoms with E-state index in [2.05, 4.69) is 35.9 Å². The molecule has 0 aromatic carbocycles. The number of halogens is 1. The summed E-state index contributed by atoms with van der Waals surface area (Å²) in [5.74, 6) is 0. The normalized spacial score (nSPS) is 12.1. The lowest BCUT2D eigenvalue weighted by molar-refractivity contribution is 0.897. The molecule has 0 aromatic rings. The molecule has 0 bridgehead atoms. The molecule has 0 heterocycles. The van der Waals surface area contributed by atoms with Crippen molar-refractivity contribution in [3.63, 3.8) is 0 Å².